The Morgan fingerprint density at radius 1 is 1.30 bits per heavy atom. The Labute approximate surface area is 131 Å². The van der Waals surface area contributed by atoms with Gasteiger partial charge in [0.2, 0.25) is 0 Å². The van der Waals surface area contributed by atoms with Crippen molar-refractivity contribution in [2.75, 3.05) is 5.73 Å². The number of nitrogens with zero attached hydrogens (tertiary/aromatic N) is 1. The van der Waals surface area contributed by atoms with Crippen molar-refractivity contribution in [3.63, 3.8) is 0 Å². The van der Waals surface area contributed by atoms with E-state index in [1.54, 1.807) is 0 Å². The number of benzene rings is 1. The second-order valence-electron chi connectivity index (χ2n) is 6.28. The molecule has 4 heteroatoms. The molecular weight excluding hydrogens is 284 g/mol. The summed E-state index contributed by atoms with van der Waals surface area (Å²) in [7, 11) is 0. The second-order valence-corrected chi connectivity index (χ2v) is 7.25. The minimum Gasteiger partial charge on any atom is -0.397 e. The van der Waals surface area contributed by atoms with E-state index in [-0.39, 0.29) is 0 Å². The van der Waals surface area contributed by atoms with Gasteiger partial charge in [-0.25, -0.2) is 0 Å². The number of hydrogen-bond acceptors (Lipinski definition) is 4. The highest BCUT2D eigenvalue weighted by Crippen LogP contribution is 2.49. The van der Waals surface area contributed by atoms with E-state index < -0.39 is 0 Å². The summed E-state index contributed by atoms with van der Waals surface area (Å²) in [5.41, 5.74) is 9.14. The normalized spacial score (nSPS) is 33.9. The monoisotopic (exact) mass is 304 g/mol. The Morgan fingerprint density at radius 3 is 2.75 bits per heavy atom. The lowest BCUT2D eigenvalue weighted by Gasteiger charge is -2.36. The molecule has 1 saturated carbocycles. The number of fused-ring (bicyclic) bond motifs is 2. The third-order valence-corrected chi connectivity index (χ3v) is 5.74. The first-order valence-electron chi connectivity index (χ1n) is 6.97. The zero-order chi connectivity index (χ0) is 14.5. The Morgan fingerprint density at radius 2 is 2.00 bits per heavy atom. The van der Waals surface area contributed by atoms with E-state index in [0.717, 1.165) is 21.9 Å². The van der Waals surface area contributed by atoms with Gasteiger partial charge >= 0.3 is 0 Å². The summed E-state index contributed by atoms with van der Waals surface area (Å²) in [5, 5.41) is 0. The smallest absolute Gasteiger partial charge is 0.0870 e. The zero-order valence-electron chi connectivity index (χ0n) is 11.8. The summed E-state index contributed by atoms with van der Waals surface area (Å²) >= 11 is 8.73. The van der Waals surface area contributed by atoms with Crippen molar-refractivity contribution in [3.05, 3.63) is 24.3 Å². The molecule has 0 saturated heterocycles. The molecular formula is C16H20N2S2. The molecule has 2 bridgehead atoms. The van der Waals surface area contributed by atoms with Gasteiger partial charge in [0.05, 0.1) is 11.4 Å². The third-order valence-electron chi connectivity index (χ3n) is 4.83. The molecule has 0 aliphatic heterocycles. The van der Waals surface area contributed by atoms with Crippen LogP contribution >= 0.6 is 25.3 Å². The fourth-order valence-electron chi connectivity index (χ4n) is 3.20. The van der Waals surface area contributed by atoms with Crippen molar-refractivity contribution < 1.29 is 0 Å². The summed E-state index contributed by atoms with van der Waals surface area (Å²) in [6, 6.07) is 3.73. The van der Waals surface area contributed by atoms with Gasteiger partial charge in [-0.15, -0.1) is 25.3 Å². The lowest BCUT2D eigenvalue weighted by Crippen LogP contribution is -2.32. The molecule has 3 unspecified atom stereocenters. The Balaban J connectivity index is 1.98. The predicted molar refractivity (Wildman–Crippen MR) is 91.6 cm³/mol. The predicted octanol–water partition coefficient (Wildman–Crippen LogP) is 4.54. The van der Waals surface area contributed by atoms with Gasteiger partial charge in [-0.1, -0.05) is 26.0 Å². The summed E-state index contributed by atoms with van der Waals surface area (Å²) in [5.74, 6) is 1.09. The molecule has 3 atom stereocenters. The number of rotatable bonds is 1. The van der Waals surface area contributed by atoms with E-state index in [1.165, 1.54) is 12.1 Å². The average molecular weight is 304 g/mol. The molecule has 0 amide bonds. The molecule has 1 fully saturated rings. The van der Waals surface area contributed by atoms with Gasteiger partial charge in [0.15, 0.2) is 0 Å². The van der Waals surface area contributed by atoms with Crippen molar-refractivity contribution in [2.24, 2.45) is 22.2 Å². The zero-order valence-corrected chi connectivity index (χ0v) is 13.6. The molecule has 20 heavy (non-hydrogen) atoms. The van der Waals surface area contributed by atoms with Crippen LogP contribution in [0.4, 0.5) is 11.4 Å². The quantitative estimate of drug-likeness (QED) is 0.398. The van der Waals surface area contributed by atoms with Gasteiger partial charge in [0.1, 0.15) is 0 Å². The van der Waals surface area contributed by atoms with Crippen LogP contribution < -0.4 is 5.73 Å². The first kappa shape index (κ1) is 14.1. The fourth-order valence-corrected chi connectivity index (χ4v) is 3.59. The molecule has 2 aliphatic carbocycles. The minimum atomic E-state index is 0.346. The summed E-state index contributed by atoms with van der Waals surface area (Å²) in [6.07, 6.45) is 6.89. The van der Waals surface area contributed by atoms with Crippen molar-refractivity contribution in [1.82, 2.24) is 0 Å². The number of aliphatic imine (C=N–C) groups is 1. The van der Waals surface area contributed by atoms with Crippen LogP contribution in [0.5, 0.6) is 0 Å². The van der Waals surface area contributed by atoms with Crippen molar-refractivity contribution >= 4 is 42.3 Å². The molecule has 1 aromatic rings. The fraction of sp³-hybridized carbons (Fsp3) is 0.438. The van der Waals surface area contributed by atoms with E-state index in [9.17, 15) is 0 Å². The van der Waals surface area contributed by atoms with E-state index >= 15 is 0 Å². The van der Waals surface area contributed by atoms with Gasteiger partial charge in [0, 0.05) is 21.4 Å². The minimum absolute atomic E-state index is 0.346. The number of nitrogen functional groups attached to an aromatic ring is 1. The molecule has 106 valence electrons. The first-order chi connectivity index (χ1) is 9.39. The molecule has 1 aromatic carbocycles. The number of allylic oxidation sites excluding steroid dienone is 2. The van der Waals surface area contributed by atoms with Crippen LogP contribution in [0.15, 0.2) is 39.1 Å². The van der Waals surface area contributed by atoms with Gasteiger partial charge in [0.25, 0.3) is 0 Å². The van der Waals surface area contributed by atoms with Gasteiger partial charge < -0.3 is 5.73 Å². The maximum absolute atomic E-state index is 6.06. The largest absolute Gasteiger partial charge is 0.397 e. The summed E-state index contributed by atoms with van der Waals surface area (Å²) in [4.78, 5) is 6.45. The molecule has 0 heterocycles. The SMILES string of the molecule is CC1CC(=Nc2cc(S)c(S)cc2N)C2C=CC1(C)C2. The van der Waals surface area contributed by atoms with Crippen LogP contribution in [-0.2, 0) is 0 Å². The molecule has 0 radical (unpaired) electrons. The Kier molecular flexibility index (Phi) is 3.41. The molecule has 0 spiro atoms. The van der Waals surface area contributed by atoms with Crippen LogP contribution in [0.3, 0.4) is 0 Å². The molecule has 2 nitrogen and oxygen atoms in total. The van der Waals surface area contributed by atoms with Crippen molar-refractivity contribution in [1.29, 1.82) is 0 Å². The number of nitrogens with two attached hydrogens (primary N) is 1. The summed E-state index contributed by atoms with van der Waals surface area (Å²) in [6.45, 7) is 4.66. The van der Waals surface area contributed by atoms with E-state index in [1.807, 2.05) is 12.1 Å². The highest BCUT2D eigenvalue weighted by Gasteiger charge is 2.42. The standard InChI is InChI=1S/C16H20N2S2/c1-9-5-12(10-3-4-16(9,2)8-10)18-13-7-15(20)14(19)6-11(13)17/h3-4,6-7,9-10,19-20H,5,8,17H2,1-2H3. The van der Waals surface area contributed by atoms with Crippen LogP contribution in [-0.4, -0.2) is 5.71 Å². The molecule has 3 rings (SSSR count). The molecule has 0 aromatic heterocycles. The Hall–Kier alpha value is -0.870. The van der Waals surface area contributed by atoms with E-state index in [4.69, 9.17) is 10.7 Å². The number of thiol groups is 2. The third kappa shape index (κ3) is 2.29. The maximum atomic E-state index is 6.06. The van der Waals surface area contributed by atoms with Crippen molar-refractivity contribution in [2.45, 2.75) is 36.5 Å². The van der Waals surface area contributed by atoms with Crippen molar-refractivity contribution in [3.8, 4) is 0 Å². The van der Waals surface area contributed by atoms with Crippen LogP contribution in [0.2, 0.25) is 0 Å². The second kappa shape index (κ2) is 4.85. The van der Waals surface area contributed by atoms with Crippen LogP contribution in [0.25, 0.3) is 0 Å². The summed E-state index contributed by atoms with van der Waals surface area (Å²) < 4.78 is 0. The highest BCUT2D eigenvalue weighted by atomic mass is 32.1. The van der Waals surface area contributed by atoms with Gasteiger partial charge in [-0.2, -0.15) is 0 Å². The lowest BCUT2D eigenvalue weighted by atomic mass is 9.68. The van der Waals surface area contributed by atoms with Gasteiger partial charge in [-0.05, 0) is 36.3 Å². The lowest BCUT2D eigenvalue weighted by molar-refractivity contribution is 0.247. The first-order valence-corrected chi connectivity index (χ1v) is 7.87. The van der Waals surface area contributed by atoms with E-state index in [2.05, 4.69) is 51.3 Å². The van der Waals surface area contributed by atoms with Crippen LogP contribution in [0, 0.1) is 17.3 Å². The Bertz CT molecular complexity index is 621. The van der Waals surface area contributed by atoms with E-state index in [0.29, 0.717) is 22.9 Å². The number of hydrogen-bond donors (Lipinski definition) is 3. The maximum Gasteiger partial charge on any atom is 0.0870 e. The van der Waals surface area contributed by atoms with Gasteiger partial charge in [-0.3, -0.25) is 4.99 Å². The average Bonchev–Trinajstić information content (AvgIpc) is 2.74. The highest BCUT2D eigenvalue weighted by molar-refractivity contribution is 7.83. The molecule has 2 N–H and O–H groups in total. The number of anilines is 1. The topological polar surface area (TPSA) is 38.4 Å². The van der Waals surface area contributed by atoms with Crippen LogP contribution in [0.1, 0.15) is 26.7 Å². The molecule has 2 aliphatic rings.